The average Bonchev–Trinajstić information content (AvgIpc) is 3.44. The second-order valence-corrected chi connectivity index (χ2v) is 7.44. The molecule has 11 heteroatoms. The van der Waals surface area contributed by atoms with Gasteiger partial charge in [0.25, 0.3) is 0 Å². The molecule has 4 aromatic rings. The van der Waals surface area contributed by atoms with E-state index >= 15 is 0 Å². The minimum Gasteiger partial charge on any atom is -0.493 e. The summed E-state index contributed by atoms with van der Waals surface area (Å²) in [5, 5.41) is 8.58. The number of fused-ring (bicyclic) bond motifs is 1. The second kappa shape index (κ2) is 8.91. The molecule has 0 unspecified atom stereocenters. The van der Waals surface area contributed by atoms with Crippen LogP contribution in [0.3, 0.4) is 0 Å². The molecular weight excluding hydrogens is 434 g/mol. The third-order valence-corrected chi connectivity index (χ3v) is 5.38. The Bertz CT molecular complexity index is 1230. The fourth-order valence-corrected chi connectivity index (χ4v) is 3.52. The van der Waals surface area contributed by atoms with Crippen molar-refractivity contribution in [2.45, 2.75) is 26.3 Å². The number of methoxy groups -OCH3 is 3. The van der Waals surface area contributed by atoms with Crippen molar-refractivity contribution in [3.8, 4) is 22.9 Å². The zero-order chi connectivity index (χ0) is 22.8. The summed E-state index contributed by atoms with van der Waals surface area (Å²) in [4.78, 5) is 13.1. The topological polar surface area (TPSA) is 101 Å². The van der Waals surface area contributed by atoms with Crippen LogP contribution < -0.4 is 19.5 Å². The molecule has 3 aromatic heterocycles. The summed E-state index contributed by atoms with van der Waals surface area (Å²) >= 11 is 6.19. The first kappa shape index (κ1) is 21.7. The first-order valence-corrected chi connectivity index (χ1v) is 10.4. The Kier molecular flexibility index (Phi) is 6.04. The number of ether oxygens (including phenoxy) is 3. The van der Waals surface area contributed by atoms with Crippen LogP contribution >= 0.6 is 11.6 Å². The van der Waals surface area contributed by atoms with E-state index in [2.05, 4.69) is 39.2 Å². The molecule has 3 heterocycles. The van der Waals surface area contributed by atoms with Crippen LogP contribution in [0.1, 0.15) is 26.3 Å². The number of rotatable bonds is 8. The molecule has 0 saturated carbocycles. The molecule has 0 spiro atoms. The average molecular weight is 458 g/mol. The highest BCUT2D eigenvalue weighted by Crippen LogP contribution is 2.39. The molecule has 1 N–H and O–H groups in total. The summed E-state index contributed by atoms with van der Waals surface area (Å²) in [5.74, 6) is 2.72. The van der Waals surface area contributed by atoms with Gasteiger partial charge in [0, 0.05) is 12.1 Å². The highest BCUT2D eigenvalue weighted by atomic mass is 35.5. The Labute approximate surface area is 190 Å². The monoisotopic (exact) mass is 457 g/mol. The van der Waals surface area contributed by atoms with Gasteiger partial charge in [-0.2, -0.15) is 15.1 Å². The number of aromatic nitrogens is 6. The van der Waals surface area contributed by atoms with Crippen molar-refractivity contribution in [3.05, 3.63) is 36.1 Å². The number of anilines is 2. The Morgan fingerprint density at radius 1 is 1.09 bits per heavy atom. The van der Waals surface area contributed by atoms with Gasteiger partial charge in [0.1, 0.15) is 18.0 Å². The van der Waals surface area contributed by atoms with Crippen LogP contribution in [-0.2, 0) is 0 Å². The molecule has 0 radical (unpaired) electrons. The fraction of sp³-hybridized carbons (Fsp3) is 0.333. The first-order chi connectivity index (χ1) is 15.5. The van der Waals surface area contributed by atoms with E-state index in [9.17, 15) is 0 Å². The third kappa shape index (κ3) is 3.89. The fourth-order valence-electron chi connectivity index (χ4n) is 3.36. The summed E-state index contributed by atoms with van der Waals surface area (Å²) in [6.45, 7) is 4.17. The number of imidazole rings is 1. The first-order valence-electron chi connectivity index (χ1n) is 10.0. The highest BCUT2D eigenvalue weighted by molar-refractivity contribution is 6.28. The Morgan fingerprint density at radius 3 is 2.44 bits per heavy atom. The van der Waals surface area contributed by atoms with Gasteiger partial charge >= 0.3 is 0 Å². The van der Waals surface area contributed by atoms with Gasteiger partial charge in [-0.05, 0) is 24.9 Å². The molecule has 1 atom stereocenters. The quantitative estimate of drug-likeness (QED) is 0.388. The van der Waals surface area contributed by atoms with Crippen molar-refractivity contribution in [2.75, 3.05) is 26.6 Å². The number of nitrogens with zero attached hydrogens (tertiary/aromatic N) is 6. The molecule has 32 heavy (non-hydrogen) atoms. The molecule has 0 amide bonds. The Hall–Kier alpha value is -3.53. The molecule has 0 saturated heterocycles. The van der Waals surface area contributed by atoms with Gasteiger partial charge in [0.15, 0.2) is 17.1 Å². The highest BCUT2D eigenvalue weighted by Gasteiger charge is 2.17. The van der Waals surface area contributed by atoms with Gasteiger partial charge in [-0.1, -0.05) is 6.92 Å². The van der Waals surface area contributed by atoms with E-state index in [-0.39, 0.29) is 11.3 Å². The van der Waals surface area contributed by atoms with E-state index in [1.165, 1.54) is 0 Å². The lowest BCUT2D eigenvalue weighted by Crippen LogP contribution is -2.07. The number of benzene rings is 1. The van der Waals surface area contributed by atoms with E-state index in [0.29, 0.717) is 34.5 Å². The lowest BCUT2D eigenvalue weighted by Gasteiger charge is -2.14. The molecule has 0 aliphatic carbocycles. The van der Waals surface area contributed by atoms with Crippen molar-refractivity contribution < 1.29 is 14.2 Å². The maximum absolute atomic E-state index is 6.19. The summed E-state index contributed by atoms with van der Waals surface area (Å²) in [7, 11) is 4.72. The molecule has 168 valence electrons. The van der Waals surface area contributed by atoms with Gasteiger partial charge in [0.2, 0.25) is 11.0 Å². The standard InChI is InChI=1S/C21H24ClN7O3/c1-6-12(2)29-20-14(9-24-29)19(26-21(22)27-20)25-17-10-28(11-23-17)13-7-15(30-3)18(32-5)16(8-13)31-4/h7-12H,6H2,1-5H3,(H,25,26,27)/t12-/m1/s1. The number of hydrogen-bond donors (Lipinski definition) is 1. The van der Waals surface area contributed by atoms with Crippen LogP contribution in [0.5, 0.6) is 17.2 Å². The van der Waals surface area contributed by atoms with Crippen molar-refractivity contribution in [1.82, 2.24) is 29.3 Å². The lowest BCUT2D eigenvalue weighted by atomic mass is 10.2. The number of halogens is 1. The van der Waals surface area contributed by atoms with Crippen molar-refractivity contribution in [2.24, 2.45) is 0 Å². The molecule has 0 aliphatic rings. The predicted octanol–water partition coefficient (Wildman–Crippen LogP) is 4.41. The van der Waals surface area contributed by atoms with E-state index < -0.39 is 0 Å². The van der Waals surface area contributed by atoms with Crippen molar-refractivity contribution >= 4 is 34.3 Å². The molecular formula is C21H24ClN7O3. The van der Waals surface area contributed by atoms with Crippen LogP contribution in [0.4, 0.5) is 11.6 Å². The third-order valence-electron chi connectivity index (χ3n) is 5.21. The van der Waals surface area contributed by atoms with Crippen molar-refractivity contribution in [3.63, 3.8) is 0 Å². The number of nitrogens with one attached hydrogen (secondary N) is 1. The predicted molar refractivity (Wildman–Crippen MR) is 122 cm³/mol. The van der Waals surface area contributed by atoms with Crippen LogP contribution in [0.15, 0.2) is 30.9 Å². The van der Waals surface area contributed by atoms with Crippen LogP contribution in [-0.4, -0.2) is 50.6 Å². The van der Waals surface area contributed by atoms with E-state index in [1.807, 2.05) is 27.6 Å². The van der Waals surface area contributed by atoms with Gasteiger partial charge < -0.3 is 24.1 Å². The van der Waals surface area contributed by atoms with Crippen LogP contribution in [0, 0.1) is 0 Å². The van der Waals surface area contributed by atoms with Crippen LogP contribution in [0.2, 0.25) is 5.28 Å². The normalized spacial score (nSPS) is 12.1. The maximum Gasteiger partial charge on any atom is 0.226 e. The second-order valence-electron chi connectivity index (χ2n) is 7.10. The van der Waals surface area contributed by atoms with E-state index in [0.717, 1.165) is 17.5 Å². The molecule has 0 bridgehead atoms. The largest absolute Gasteiger partial charge is 0.493 e. The van der Waals surface area contributed by atoms with Gasteiger partial charge in [-0.25, -0.2) is 9.67 Å². The maximum atomic E-state index is 6.19. The Morgan fingerprint density at radius 2 is 1.81 bits per heavy atom. The minimum absolute atomic E-state index is 0.133. The number of hydrogen-bond acceptors (Lipinski definition) is 8. The molecule has 1 aromatic carbocycles. The molecule has 0 aliphatic heterocycles. The van der Waals surface area contributed by atoms with Gasteiger partial charge in [-0.3, -0.25) is 0 Å². The lowest BCUT2D eigenvalue weighted by molar-refractivity contribution is 0.324. The Balaban J connectivity index is 1.69. The molecule has 10 nitrogen and oxygen atoms in total. The smallest absolute Gasteiger partial charge is 0.226 e. The molecule has 0 fully saturated rings. The van der Waals surface area contributed by atoms with Gasteiger partial charge in [0.05, 0.1) is 50.8 Å². The SMILES string of the molecule is CC[C@@H](C)n1ncc2c(Nc3cn(-c4cc(OC)c(OC)c(OC)c4)cn3)nc(Cl)nc21. The zero-order valence-corrected chi connectivity index (χ0v) is 19.2. The minimum atomic E-state index is 0.133. The molecule has 4 rings (SSSR count). The zero-order valence-electron chi connectivity index (χ0n) is 18.5. The summed E-state index contributed by atoms with van der Waals surface area (Å²) in [6.07, 6.45) is 6.14. The summed E-state index contributed by atoms with van der Waals surface area (Å²) < 4.78 is 19.9. The van der Waals surface area contributed by atoms with Crippen molar-refractivity contribution in [1.29, 1.82) is 0 Å². The van der Waals surface area contributed by atoms with Crippen LogP contribution in [0.25, 0.3) is 16.7 Å². The summed E-state index contributed by atoms with van der Waals surface area (Å²) in [6, 6.07) is 3.86. The summed E-state index contributed by atoms with van der Waals surface area (Å²) in [5.41, 5.74) is 1.46. The van der Waals surface area contributed by atoms with E-state index in [1.54, 1.807) is 33.9 Å². The van der Waals surface area contributed by atoms with Gasteiger partial charge in [-0.15, -0.1) is 0 Å². The van der Waals surface area contributed by atoms with E-state index in [4.69, 9.17) is 25.8 Å².